The lowest BCUT2D eigenvalue weighted by molar-refractivity contribution is -0.134. The fourth-order valence-corrected chi connectivity index (χ4v) is 2.73. The third-order valence-electron chi connectivity index (χ3n) is 3.90. The van der Waals surface area contributed by atoms with Gasteiger partial charge in [0.15, 0.2) is 0 Å². The van der Waals surface area contributed by atoms with Gasteiger partial charge < -0.3 is 15.0 Å². The lowest BCUT2D eigenvalue weighted by atomic mass is 10.2. The molecule has 2 fully saturated rings. The van der Waals surface area contributed by atoms with Crippen LogP contribution >= 0.6 is 12.4 Å². The lowest BCUT2D eigenvalue weighted by Crippen LogP contribution is -2.53. The molecule has 1 atom stereocenters. The standard InChI is InChI=1S/C14H27N3O2.ClH/c1-12(2)19-11-10-16-6-8-17(9-7-16)14(18)13-4-3-5-15-13;/h12-13,15H,3-11H2,1-2H3;1H/t13-;/m0./s1. The molecule has 2 aliphatic rings. The molecular formula is C14H28ClN3O2. The largest absolute Gasteiger partial charge is 0.377 e. The van der Waals surface area contributed by atoms with Gasteiger partial charge in [-0.1, -0.05) is 0 Å². The molecule has 0 saturated carbocycles. The van der Waals surface area contributed by atoms with Gasteiger partial charge in [-0.2, -0.15) is 0 Å². The number of amides is 1. The summed E-state index contributed by atoms with van der Waals surface area (Å²) in [5.74, 6) is 0.301. The Hall–Kier alpha value is -0.360. The highest BCUT2D eigenvalue weighted by Gasteiger charge is 2.28. The maximum atomic E-state index is 12.2. The molecule has 0 radical (unpaired) electrons. The monoisotopic (exact) mass is 305 g/mol. The number of ether oxygens (including phenoxy) is 1. The minimum absolute atomic E-state index is 0. The van der Waals surface area contributed by atoms with Gasteiger partial charge in [0.05, 0.1) is 18.8 Å². The number of nitrogens with one attached hydrogen (secondary N) is 1. The highest BCUT2D eigenvalue weighted by Crippen LogP contribution is 2.11. The van der Waals surface area contributed by atoms with Crippen molar-refractivity contribution in [2.24, 2.45) is 0 Å². The molecule has 0 aliphatic carbocycles. The summed E-state index contributed by atoms with van der Waals surface area (Å²) in [6, 6.07) is 0.0795. The van der Waals surface area contributed by atoms with Gasteiger partial charge in [-0.3, -0.25) is 9.69 Å². The van der Waals surface area contributed by atoms with Gasteiger partial charge in [-0.25, -0.2) is 0 Å². The predicted molar refractivity (Wildman–Crippen MR) is 82.4 cm³/mol. The molecule has 1 N–H and O–H groups in total. The summed E-state index contributed by atoms with van der Waals surface area (Å²) in [6.45, 7) is 10.5. The van der Waals surface area contributed by atoms with Crippen LogP contribution in [0.2, 0.25) is 0 Å². The Kier molecular flexibility index (Phi) is 7.80. The van der Waals surface area contributed by atoms with Gasteiger partial charge in [0, 0.05) is 32.7 Å². The maximum absolute atomic E-state index is 12.2. The number of halogens is 1. The van der Waals surface area contributed by atoms with Crippen LogP contribution < -0.4 is 5.32 Å². The first-order chi connectivity index (χ1) is 9.16. The molecule has 20 heavy (non-hydrogen) atoms. The van der Waals surface area contributed by atoms with E-state index in [1.807, 2.05) is 4.90 Å². The third kappa shape index (κ3) is 5.20. The van der Waals surface area contributed by atoms with E-state index in [-0.39, 0.29) is 18.4 Å². The molecule has 0 aromatic carbocycles. The number of piperazine rings is 1. The zero-order chi connectivity index (χ0) is 13.7. The average molecular weight is 306 g/mol. The second kappa shape index (κ2) is 8.82. The molecule has 1 amide bonds. The van der Waals surface area contributed by atoms with E-state index in [4.69, 9.17) is 4.74 Å². The molecule has 118 valence electrons. The van der Waals surface area contributed by atoms with E-state index >= 15 is 0 Å². The van der Waals surface area contributed by atoms with E-state index in [1.165, 1.54) is 0 Å². The van der Waals surface area contributed by atoms with Crippen LogP contribution in [0.25, 0.3) is 0 Å². The molecule has 2 rings (SSSR count). The summed E-state index contributed by atoms with van der Waals surface area (Å²) in [7, 11) is 0. The molecule has 2 saturated heterocycles. The summed E-state index contributed by atoms with van der Waals surface area (Å²) in [5, 5.41) is 3.29. The Bertz CT molecular complexity index is 288. The number of nitrogens with zero attached hydrogens (tertiary/aromatic N) is 2. The highest BCUT2D eigenvalue weighted by molar-refractivity contribution is 5.85. The maximum Gasteiger partial charge on any atom is 0.239 e. The van der Waals surface area contributed by atoms with E-state index in [9.17, 15) is 4.79 Å². The molecular weight excluding hydrogens is 278 g/mol. The van der Waals surface area contributed by atoms with Crippen LogP contribution in [-0.2, 0) is 9.53 Å². The van der Waals surface area contributed by atoms with Crippen LogP contribution in [0, 0.1) is 0 Å². The molecule has 2 aliphatic heterocycles. The van der Waals surface area contributed by atoms with Crippen molar-refractivity contribution in [3.8, 4) is 0 Å². The average Bonchev–Trinajstić information content (AvgIpc) is 2.92. The predicted octanol–water partition coefficient (Wildman–Crippen LogP) is 0.729. The summed E-state index contributed by atoms with van der Waals surface area (Å²) >= 11 is 0. The van der Waals surface area contributed by atoms with Crippen molar-refractivity contribution in [3.05, 3.63) is 0 Å². The first-order valence-corrected chi connectivity index (χ1v) is 7.53. The summed E-state index contributed by atoms with van der Waals surface area (Å²) in [6.07, 6.45) is 2.43. The Morgan fingerprint density at radius 1 is 1.30 bits per heavy atom. The Labute approximate surface area is 128 Å². The van der Waals surface area contributed by atoms with Gasteiger partial charge in [0.25, 0.3) is 0 Å². The van der Waals surface area contributed by atoms with Gasteiger partial charge >= 0.3 is 0 Å². The molecule has 0 spiro atoms. The van der Waals surface area contributed by atoms with E-state index in [1.54, 1.807) is 0 Å². The van der Waals surface area contributed by atoms with Gasteiger partial charge in [-0.15, -0.1) is 12.4 Å². The molecule has 6 heteroatoms. The van der Waals surface area contributed by atoms with E-state index in [2.05, 4.69) is 24.1 Å². The van der Waals surface area contributed by atoms with Crippen LogP contribution in [0.5, 0.6) is 0 Å². The van der Waals surface area contributed by atoms with E-state index < -0.39 is 0 Å². The third-order valence-corrected chi connectivity index (χ3v) is 3.90. The van der Waals surface area contributed by atoms with Gasteiger partial charge in [-0.05, 0) is 33.2 Å². The first-order valence-electron chi connectivity index (χ1n) is 7.53. The summed E-state index contributed by atoms with van der Waals surface area (Å²) in [5.41, 5.74) is 0. The SMILES string of the molecule is CC(C)OCCN1CCN(C(=O)[C@@H]2CCCN2)CC1.Cl. The topological polar surface area (TPSA) is 44.8 Å². The Morgan fingerprint density at radius 2 is 2.00 bits per heavy atom. The molecule has 0 unspecified atom stereocenters. The van der Waals surface area contributed by atoms with Crippen LogP contribution in [0.3, 0.4) is 0 Å². The fourth-order valence-electron chi connectivity index (χ4n) is 2.73. The lowest BCUT2D eigenvalue weighted by Gasteiger charge is -2.36. The van der Waals surface area contributed by atoms with Crippen molar-refractivity contribution >= 4 is 18.3 Å². The van der Waals surface area contributed by atoms with Crippen LogP contribution in [0.15, 0.2) is 0 Å². The fraction of sp³-hybridized carbons (Fsp3) is 0.929. The van der Waals surface area contributed by atoms with E-state index in [0.29, 0.717) is 12.0 Å². The molecule has 0 aromatic heterocycles. The zero-order valence-electron chi connectivity index (χ0n) is 12.6. The summed E-state index contributed by atoms with van der Waals surface area (Å²) in [4.78, 5) is 16.6. The van der Waals surface area contributed by atoms with Crippen molar-refractivity contribution in [3.63, 3.8) is 0 Å². The molecule has 2 heterocycles. The zero-order valence-corrected chi connectivity index (χ0v) is 13.5. The van der Waals surface area contributed by atoms with Crippen molar-refractivity contribution in [2.75, 3.05) is 45.9 Å². The number of hydrogen-bond acceptors (Lipinski definition) is 4. The number of rotatable bonds is 5. The number of carbonyl (C=O) groups excluding carboxylic acids is 1. The van der Waals surface area contributed by atoms with Crippen LogP contribution in [-0.4, -0.2) is 73.7 Å². The van der Waals surface area contributed by atoms with Gasteiger partial charge in [0.1, 0.15) is 0 Å². The molecule has 0 aromatic rings. The van der Waals surface area contributed by atoms with Crippen molar-refractivity contribution < 1.29 is 9.53 Å². The Morgan fingerprint density at radius 3 is 2.55 bits per heavy atom. The normalized spacial score (nSPS) is 23.9. The molecule has 5 nitrogen and oxygen atoms in total. The second-order valence-corrected chi connectivity index (χ2v) is 5.74. The van der Waals surface area contributed by atoms with Crippen LogP contribution in [0.4, 0.5) is 0 Å². The smallest absolute Gasteiger partial charge is 0.239 e. The Balaban J connectivity index is 0.00000200. The number of hydrogen-bond donors (Lipinski definition) is 1. The quantitative estimate of drug-likeness (QED) is 0.813. The first kappa shape index (κ1) is 17.7. The van der Waals surface area contributed by atoms with E-state index in [0.717, 1.165) is 58.7 Å². The minimum Gasteiger partial charge on any atom is -0.377 e. The van der Waals surface area contributed by atoms with Crippen molar-refractivity contribution in [2.45, 2.75) is 38.8 Å². The minimum atomic E-state index is 0. The van der Waals surface area contributed by atoms with Crippen LogP contribution in [0.1, 0.15) is 26.7 Å². The summed E-state index contributed by atoms with van der Waals surface area (Å²) < 4.78 is 5.57. The van der Waals surface area contributed by atoms with Crippen molar-refractivity contribution in [1.82, 2.24) is 15.1 Å². The highest BCUT2D eigenvalue weighted by atomic mass is 35.5. The number of carbonyl (C=O) groups is 1. The van der Waals surface area contributed by atoms with Crippen molar-refractivity contribution in [1.29, 1.82) is 0 Å². The van der Waals surface area contributed by atoms with Gasteiger partial charge in [0.2, 0.25) is 5.91 Å². The molecule has 0 bridgehead atoms. The second-order valence-electron chi connectivity index (χ2n) is 5.74.